The predicted molar refractivity (Wildman–Crippen MR) is 98.3 cm³/mol. The van der Waals surface area contributed by atoms with Crippen LogP contribution in [0, 0.1) is 20.2 Å². The van der Waals surface area contributed by atoms with Gasteiger partial charge in [-0.25, -0.2) is 13.9 Å². The van der Waals surface area contributed by atoms with Crippen molar-refractivity contribution in [1.82, 2.24) is 9.79 Å². The van der Waals surface area contributed by atoms with Crippen LogP contribution in [0.5, 0.6) is 0 Å². The molecule has 0 heterocycles. The van der Waals surface area contributed by atoms with Gasteiger partial charge in [-0.2, -0.15) is 4.31 Å². The lowest BCUT2D eigenvalue weighted by molar-refractivity contribution is -0.387. The van der Waals surface area contributed by atoms with E-state index in [1.807, 2.05) is 0 Å². The quantitative estimate of drug-likeness (QED) is 0.347. The Balaban J connectivity index is 2.42. The summed E-state index contributed by atoms with van der Waals surface area (Å²) in [5.74, 6) is -0.850. The van der Waals surface area contributed by atoms with Gasteiger partial charge in [0.05, 0.1) is 9.85 Å². The molecule has 0 bridgehead atoms. The van der Waals surface area contributed by atoms with Gasteiger partial charge in [0.1, 0.15) is 0 Å². The number of hydroxylamine groups is 1. The van der Waals surface area contributed by atoms with Crippen molar-refractivity contribution < 1.29 is 28.3 Å². The third-order valence-electron chi connectivity index (χ3n) is 3.90. The first kappa shape index (κ1) is 21.9. The molecule has 0 saturated carbocycles. The van der Waals surface area contributed by atoms with Crippen LogP contribution >= 0.6 is 0 Å². The molecule has 0 fully saturated rings. The number of para-hydroxylation sites is 1. The Morgan fingerprint density at radius 3 is 2.21 bits per heavy atom. The number of hydrogen-bond acceptors (Lipinski definition) is 8. The maximum atomic E-state index is 13.1. The number of benzene rings is 2. The molecular weight excluding hydrogens is 408 g/mol. The molecule has 0 aromatic heterocycles. The van der Waals surface area contributed by atoms with Crippen molar-refractivity contribution in [2.24, 2.45) is 0 Å². The molecule has 154 valence electrons. The summed E-state index contributed by atoms with van der Waals surface area (Å²) in [6.07, 6.45) is -0.413. The molecular formula is C16H16N4O8S. The van der Waals surface area contributed by atoms with E-state index in [2.05, 4.69) is 0 Å². The van der Waals surface area contributed by atoms with E-state index in [4.69, 9.17) is 5.21 Å². The molecule has 1 amide bonds. The Hall–Kier alpha value is -3.42. The Morgan fingerprint density at radius 1 is 1.03 bits per heavy atom. The highest BCUT2D eigenvalue weighted by Gasteiger charge is 2.31. The molecule has 2 rings (SSSR count). The van der Waals surface area contributed by atoms with E-state index >= 15 is 0 Å². The van der Waals surface area contributed by atoms with Gasteiger partial charge in [-0.3, -0.25) is 30.2 Å². The molecule has 2 aromatic carbocycles. The SMILES string of the molecule is O=C(CCN(Cc1ccc([N+](=O)[O-])cc1)S(=O)(=O)c1ccccc1[N+](=O)[O-])NO. The van der Waals surface area contributed by atoms with Crippen LogP contribution in [-0.4, -0.2) is 40.2 Å². The third kappa shape index (κ3) is 5.31. The van der Waals surface area contributed by atoms with Crippen LogP contribution in [0.25, 0.3) is 0 Å². The number of non-ortho nitro benzene ring substituents is 1. The van der Waals surface area contributed by atoms with E-state index < -0.39 is 49.3 Å². The first-order valence-electron chi connectivity index (χ1n) is 8.06. The number of nitro groups is 2. The number of nitro benzene ring substituents is 2. The van der Waals surface area contributed by atoms with Gasteiger partial charge in [0.25, 0.3) is 11.4 Å². The molecule has 0 aliphatic carbocycles. The first-order chi connectivity index (χ1) is 13.7. The fourth-order valence-corrected chi connectivity index (χ4v) is 4.04. The molecule has 0 spiro atoms. The second-order valence-corrected chi connectivity index (χ2v) is 7.68. The van der Waals surface area contributed by atoms with E-state index in [-0.39, 0.29) is 12.2 Å². The second-order valence-electron chi connectivity index (χ2n) is 5.77. The highest BCUT2D eigenvalue weighted by Crippen LogP contribution is 2.27. The van der Waals surface area contributed by atoms with Crippen LogP contribution in [-0.2, 0) is 21.4 Å². The summed E-state index contributed by atoms with van der Waals surface area (Å²) < 4.78 is 26.9. The highest BCUT2D eigenvalue weighted by atomic mass is 32.2. The third-order valence-corrected chi connectivity index (χ3v) is 5.79. The zero-order valence-electron chi connectivity index (χ0n) is 14.8. The molecule has 0 aliphatic rings. The monoisotopic (exact) mass is 424 g/mol. The van der Waals surface area contributed by atoms with E-state index in [0.29, 0.717) is 5.56 Å². The molecule has 29 heavy (non-hydrogen) atoms. The van der Waals surface area contributed by atoms with Crippen molar-refractivity contribution in [2.45, 2.75) is 17.9 Å². The van der Waals surface area contributed by atoms with Crippen LogP contribution in [0.15, 0.2) is 53.4 Å². The van der Waals surface area contributed by atoms with Crippen LogP contribution in [0.1, 0.15) is 12.0 Å². The standard InChI is InChI=1S/C16H16N4O8S/c21-16(17-22)9-10-18(11-12-5-7-13(8-6-12)19(23)24)29(27,28)15-4-2-1-3-14(15)20(25)26/h1-8,22H,9-11H2,(H,17,21). The average Bonchev–Trinajstić information content (AvgIpc) is 2.70. The Bertz CT molecular complexity index is 1020. The Kier molecular flexibility index (Phi) is 6.93. The van der Waals surface area contributed by atoms with Crippen molar-refractivity contribution >= 4 is 27.3 Å². The molecule has 13 heteroatoms. The van der Waals surface area contributed by atoms with Crippen molar-refractivity contribution in [3.63, 3.8) is 0 Å². The summed E-state index contributed by atoms with van der Waals surface area (Å²) in [6, 6.07) is 9.80. The fraction of sp³-hybridized carbons (Fsp3) is 0.188. The Labute approximate surface area is 164 Å². The van der Waals surface area contributed by atoms with Gasteiger partial charge in [-0.05, 0) is 11.6 Å². The lowest BCUT2D eigenvalue weighted by atomic mass is 10.2. The van der Waals surface area contributed by atoms with Gasteiger partial charge < -0.3 is 0 Å². The summed E-state index contributed by atoms with van der Waals surface area (Å²) in [6.45, 7) is -0.692. The zero-order chi connectivity index (χ0) is 21.6. The molecule has 0 saturated heterocycles. The number of carbonyl (C=O) groups excluding carboxylic acids is 1. The van der Waals surface area contributed by atoms with E-state index in [9.17, 15) is 33.4 Å². The molecule has 0 unspecified atom stereocenters. The number of nitrogens with one attached hydrogen (secondary N) is 1. The van der Waals surface area contributed by atoms with Crippen LogP contribution in [0.2, 0.25) is 0 Å². The zero-order valence-corrected chi connectivity index (χ0v) is 15.6. The minimum absolute atomic E-state index is 0.193. The topological polar surface area (TPSA) is 173 Å². The minimum atomic E-state index is -4.41. The maximum Gasteiger partial charge on any atom is 0.289 e. The van der Waals surface area contributed by atoms with Gasteiger partial charge in [-0.15, -0.1) is 0 Å². The highest BCUT2D eigenvalue weighted by molar-refractivity contribution is 7.89. The molecule has 12 nitrogen and oxygen atoms in total. The number of carbonyl (C=O) groups is 1. The largest absolute Gasteiger partial charge is 0.289 e. The minimum Gasteiger partial charge on any atom is -0.289 e. The van der Waals surface area contributed by atoms with Crippen molar-refractivity contribution in [3.8, 4) is 0 Å². The number of amides is 1. The summed E-state index contributed by atoms with van der Waals surface area (Å²) in [7, 11) is -4.41. The normalized spacial score (nSPS) is 11.2. The number of nitrogens with zero attached hydrogens (tertiary/aromatic N) is 3. The maximum absolute atomic E-state index is 13.1. The Morgan fingerprint density at radius 2 is 1.66 bits per heavy atom. The molecule has 2 N–H and O–H groups in total. The van der Waals surface area contributed by atoms with E-state index in [1.54, 1.807) is 0 Å². The first-order valence-corrected chi connectivity index (χ1v) is 9.50. The van der Waals surface area contributed by atoms with Crippen LogP contribution in [0.4, 0.5) is 11.4 Å². The number of rotatable bonds is 9. The van der Waals surface area contributed by atoms with Gasteiger partial charge in [0, 0.05) is 37.7 Å². The predicted octanol–water partition coefficient (Wildman–Crippen LogP) is 1.59. The van der Waals surface area contributed by atoms with Gasteiger partial charge in [-0.1, -0.05) is 24.3 Å². The molecule has 2 aromatic rings. The number of hydrogen-bond donors (Lipinski definition) is 2. The van der Waals surface area contributed by atoms with Gasteiger partial charge in [0.15, 0.2) is 4.90 Å². The lowest BCUT2D eigenvalue weighted by Crippen LogP contribution is -2.34. The smallest absolute Gasteiger partial charge is 0.289 e. The molecule has 0 aliphatic heterocycles. The summed E-state index contributed by atoms with van der Waals surface area (Å²) in [5.41, 5.74) is 0.920. The second kappa shape index (κ2) is 9.18. The number of sulfonamides is 1. The summed E-state index contributed by atoms with van der Waals surface area (Å²) in [5, 5.41) is 30.6. The van der Waals surface area contributed by atoms with Crippen molar-refractivity contribution in [1.29, 1.82) is 0 Å². The lowest BCUT2D eigenvalue weighted by Gasteiger charge is -2.22. The summed E-state index contributed by atoms with van der Waals surface area (Å²) >= 11 is 0. The van der Waals surface area contributed by atoms with Crippen LogP contribution < -0.4 is 5.48 Å². The summed E-state index contributed by atoms with van der Waals surface area (Å²) in [4.78, 5) is 31.3. The fourth-order valence-electron chi connectivity index (χ4n) is 2.46. The van der Waals surface area contributed by atoms with Crippen molar-refractivity contribution in [2.75, 3.05) is 6.54 Å². The average molecular weight is 424 g/mol. The molecule has 0 radical (unpaired) electrons. The molecule has 0 atom stereocenters. The van der Waals surface area contributed by atoms with E-state index in [0.717, 1.165) is 16.4 Å². The van der Waals surface area contributed by atoms with E-state index in [1.165, 1.54) is 41.9 Å². The van der Waals surface area contributed by atoms with Gasteiger partial charge >= 0.3 is 0 Å². The van der Waals surface area contributed by atoms with Crippen molar-refractivity contribution in [3.05, 3.63) is 74.3 Å². The van der Waals surface area contributed by atoms with Crippen LogP contribution in [0.3, 0.4) is 0 Å². The van der Waals surface area contributed by atoms with Gasteiger partial charge in [0.2, 0.25) is 15.9 Å².